The van der Waals surface area contributed by atoms with Crippen LogP contribution in [0.3, 0.4) is 0 Å². The SMILES string of the molecule is CCOC(=O)c1cccc(N)c1Sc1ccc(F)cc1F. The molecule has 2 N–H and O–H groups in total. The lowest BCUT2D eigenvalue weighted by Gasteiger charge is -2.11. The highest BCUT2D eigenvalue weighted by Gasteiger charge is 2.17. The van der Waals surface area contributed by atoms with Crippen molar-refractivity contribution in [2.24, 2.45) is 0 Å². The fourth-order valence-electron chi connectivity index (χ4n) is 1.71. The Kier molecular flexibility index (Phi) is 4.80. The Morgan fingerprint density at radius 3 is 2.71 bits per heavy atom. The van der Waals surface area contributed by atoms with Gasteiger partial charge in [-0.15, -0.1) is 0 Å². The van der Waals surface area contributed by atoms with Crippen LogP contribution in [0.4, 0.5) is 14.5 Å². The normalized spacial score (nSPS) is 10.4. The van der Waals surface area contributed by atoms with Crippen molar-refractivity contribution in [2.45, 2.75) is 16.7 Å². The van der Waals surface area contributed by atoms with Crippen molar-refractivity contribution in [2.75, 3.05) is 12.3 Å². The predicted molar refractivity (Wildman–Crippen MR) is 77.3 cm³/mol. The van der Waals surface area contributed by atoms with Gasteiger partial charge in [-0.05, 0) is 31.2 Å². The van der Waals surface area contributed by atoms with E-state index in [9.17, 15) is 13.6 Å². The van der Waals surface area contributed by atoms with Crippen LogP contribution < -0.4 is 5.73 Å². The van der Waals surface area contributed by atoms with Gasteiger partial charge in [0.25, 0.3) is 0 Å². The largest absolute Gasteiger partial charge is 0.462 e. The lowest BCUT2D eigenvalue weighted by molar-refractivity contribution is 0.0522. The molecule has 0 atom stereocenters. The van der Waals surface area contributed by atoms with Gasteiger partial charge in [0.05, 0.1) is 12.2 Å². The Balaban J connectivity index is 2.41. The Bertz CT molecular complexity index is 677. The third-order valence-electron chi connectivity index (χ3n) is 2.65. The maximum Gasteiger partial charge on any atom is 0.339 e. The number of hydrogen-bond acceptors (Lipinski definition) is 4. The molecule has 21 heavy (non-hydrogen) atoms. The molecule has 110 valence electrons. The average Bonchev–Trinajstić information content (AvgIpc) is 2.43. The lowest BCUT2D eigenvalue weighted by Crippen LogP contribution is -2.07. The van der Waals surface area contributed by atoms with Crippen molar-refractivity contribution in [3.63, 3.8) is 0 Å². The van der Waals surface area contributed by atoms with E-state index in [0.717, 1.165) is 23.9 Å². The fourth-order valence-corrected chi connectivity index (χ4v) is 2.67. The number of nitrogens with two attached hydrogens (primary N) is 1. The number of carbonyl (C=O) groups is 1. The summed E-state index contributed by atoms with van der Waals surface area (Å²) in [5.74, 6) is -1.91. The molecule has 0 unspecified atom stereocenters. The third-order valence-corrected chi connectivity index (χ3v) is 3.86. The number of halogens is 2. The maximum atomic E-state index is 13.7. The van der Waals surface area contributed by atoms with Crippen LogP contribution in [-0.4, -0.2) is 12.6 Å². The summed E-state index contributed by atoms with van der Waals surface area (Å²) >= 11 is 0.963. The number of hydrogen-bond donors (Lipinski definition) is 1. The standard InChI is InChI=1S/C15H13F2NO2S/c1-2-20-15(19)10-4-3-5-12(18)14(10)21-13-7-6-9(16)8-11(13)17/h3-8H,2,18H2,1H3. The molecule has 6 heteroatoms. The van der Waals surface area contributed by atoms with Gasteiger partial charge in [-0.1, -0.05) is 17.8 Å². The van der Waals surface area contributed by atoms with Crippen LogP contribution in [0, 0.1) is 11.6 Å². The van der Waals surface area contributed by atoms with Gasteiger partial charge in [-0.2, -0.15) is 0 Å². The summed E-state index contributed by atoms with van der Waals surface area (Å²) in [6.07, 6.45) is 0. The Labute approximate surface area is 125 Å². The van der Waals surface area contributed by atoms with Gasteiger partial charge >= 0.3 is 5.97 Å². The molecule has 0 bridgehead atoms. The summed E-state index contributed by atoms with van der Waals surface area (Å²) in [6, 6.07) is 8.01. The van der Waals surface area contributed by atoms with E-state index >= 15 is 0 Å². The molecule has 0 aromatic heterocycles. The number of esters is 1. The van der Waals surface area contributed by atoms with Gasteiger partial charge in [-0.3, -0.25) is 0 Å². The monoisotopic (exact) mass is 309 g/mol. The van der Waals surface area contributed by atoms with Crippen LogP contribution in [0.2, 0.25) is 0 Å². The second-order valence-electron chi connectivity index (χ2n) is 4.12. The van der Waals surface area contributed by atoms with Gasteiger partial charge in [0.1, 0.15) is 11.6 Å². The number of carbonyl (C=O) groups excluding carboxylic acids is 1. The fraction of sp³-hybridized carbons (Fsp3) is 0.133. The molecule has 2 aromatic rings. The first-order chi connectivity index (χ1) is 10.0. The van der Waals surface area contributed by atoms with E-state index in [-0.39, 0.29) is 17.1 Å². The van der Waals surface area contributed by atoms with Gasteiger partial charge < -0.3 is 10.5 Å². The zero-order valence-electron chi connectivity index (χ0n) is 11.2. The highest BCUT2D eigenvalue weighted by atomic mass is 32.2. The van der Waals surface area contributed by atoms with Crippen molar-refractivity contribution in [3.05, 3.63) is 53.6 Å². The van der Waals surface area contributed by atoms with Gasteiger partial charge in [-0.25, -0.2) is 13.6 Å². The topological polar surface area (TPSA) is 52.3 Å². The summed E-state index contributed by atoms with van der Waals surface area (Å²) in [7, 11) is 0. The highest BCUT2D eigenvalue weighted by molar-refractivity contribution is 7.99. The molecule has 0 aliphatic heterocycles. The summed E-state index contributed by atoms with van der Waals surface area (Å²) in [5, 5.41) is 0. The van der Waals surface area contributed by atoms with E-state index in [1.165, 1.54) is 6.07 Å². The Hall–Kier alpha value is -2.08. The Morgan fingerprint density at radius 2 is 2.05 bits per heavy atom. The first-order valence-corrected chi connectivity index (χ1v) is 7.03. The van der Waals surface area contributed by atoms with Crippen LogP contribution in [0.1, 0.15) is 17.3 Å². The molecule has 0 spiro atoms. The molecule has 0 heterocycles. The number of anilines is 1. The zero-order chi connectivity index (χ0) is 15.4. The minimum absolute atomic E-state index is 0.180. The van der Waals surface area contributed by atoms with E-state index in [2.05, 4.69) is 0 Å². The van der Waals surface area contributed by atoms with Crippen LogP contribution in [0.5, 0.6) is 0 Å². The average molecular weight is 309 g/mol. The van der Waals surface area contributed by atoms with Crippen LogP contribution >= 0.6 is 11.8 Å². The quantitative estimate of drug-likeness (QED) is 0.688. The molecule has 2 aromatic carbocycles. The number of ether oxygens (including phenoxy) is 1. The number of rotatable bonds is 4. The first kappa shape index (κ1) is 15.3. The van der Waals surface area contributed by atoms with Crippen LogP contribution in [0.25, 0.3) is 0 Å². The van der Waals surface area contributed by atoms with Crippen LogP contribution in [0.15, 0.2) is 46.2 Å². The summed E-state index contributed by atoms with van der Waals surface area (Å²) in [5.41, 5.74) is 6.44. The number of benzene rings is 2. The smallest absolute Gasteiger partial charge is 0.339 e. The van der Waals surface area contributed by atoms with E-state index in [1.807, 2.05) is 0 Å². The summed E-state index contributed by atoms with van der Waals surface area (Å²) in [4.78, 5) is 12.5. The molecule has 0 aliphatic rings. The van der Waals surface area contributed by atoms with Crippen molar-refractivity contribution in [1.82, 2.24) is 0 Å². The predicted octanol–water partition coefficient (Wildman–Crippen LogP) is 3.87. The molecular weight excluding hydrogens is 296 g/mol. The van der Waals surface area contributed by atoms with Crippen molar-refractivity contribution in [1.29, 1.82) is 0 Å². The lowest BCUT2D eigenvalue weighted by atomic mass is 10.2. The van der Waals surface area contributed by atoms with Crippen molar-refractivity contribution in [3.8, 4) is 0 Å². The van der Waals surface area contributed by atoms with Crippen molar-refractivity contribution >= 4 is 23.4 Å². The zero-order valence-corrected chi connectivity index (χ0v) is 12.0. The molecule has 0 amide bonds. The minimum Gasteiger partial charge on any atom is -0.462 e. The second kappa shape index (κ2) is 6.58. The van der Waals surface area contributed by atoms with Crippen LogP contribution in [-0.2, 0) is 4.74 Å². The van der Waals surface area contributed by atoms with Crippen molar-refractivity contribution < 1.29 is 18.3 Å². The van der Waals surface area contributed by atoms with E-state index in [4.69, 9.17) is 10.5 Å². The van der Waals surface area contributed by atoms with E-state index in [0.29, 0.717) is 10.6 Å². The van der Waals surface area contributed by atoms with Gasteiger partial charge in [0.2, 0.25) is 0 Å². The molecule has 0 saturated heterocycles. The molecule has 2 rings (SSSR count). The van der Waals surface area contributed by atoms with E-state index in [1.54, 1.807) is 25.1 Å². The molecule has 0 aliphatic carbocycles. The van der Waals surface area contributed by atoms with Gasteiger partial charge in [0.15, 0.2) is 0 Å². The van der Waals surface area contributed by atoms with Gasteiger partial charge in [0, 0.05) is 21.5 Å². The minimum atomic E-state index is -0.710. The highest BCUT2D eigenvalue weighted by Crippen LogP contribution is 2.36. The maximum absolute atomic E-state index is 13.7. The second-order valence-corrected chi connectivity index (χ2v) is 5.17. The number of nitrogen functional groups attached to an aromatic ring is 1. The third kappa shape index (κ3) is 3.52. The molecule has 0 saturated carbocycles. The molecular formula is C15H13F2NO2S. The summed E-state index contributed by atoms with van der Waals surface area (Å²) < 4.78 is 31.6. The molecule has 0 fully saturated rings. The molecule has 0 radical (unpaired) electrons. The molecule has 3 nitrogen and oxygen atoms in total. The summed E-state index contributed by atoms with van der Waals surface area (Å²) in [6.45, 7) is 1.92. The first-order valence-electron chi connectivity index (χ1n) is 6.21. The Morgan fingerprint density at radius 1 is 1.29 bits per heavy atom. The van der Waals surface area contributed by atoms with E-state index < -0.39 is 17.6 Å².